The molecule has 1 aliphatic rings. The monoisotopic (exact) mass is 372 g/mol. The van der Waals surface area contributed by atoms with Crippen LogP contribution in [0.5, 0.6) is 0 Å². The number of anilines is 1. The van der Waals surface area contributed by atoms with Crippen LogP contribution in [0, 0.1) is 6.92 Å². The summed E-state index contributed by atoms with van der Waals surface area (Å²) >= 11 is 3.47. The molecule has 2 N–H and O–H groups in total. The molecule has 1 fully saturated rings. The molecule has 1 aliphatic carbocycles. The molecule has 2 aromatic carbocycles. The van der Waals surface area contributed by atoms with Crippen LogP contribution in [0.25, 0.3) is 0 Å². The number of aryl methyl sites for hydroxylation is 1. The van der Waals surface area contributed by atoms with Gasteiger partial charge in [-0.3, -0.25) is 0 Å². The topological polar surface area (TPSA) is 41.1 Å². The first kappa shape index (κ1) is 16.1. The van der Waals surface area contributed by atoms with Crippen molar-refractivity contribution in [2.24, 2.45) is 0 Å². The highest BCUT2D eigenvalue weighted by Crippen LogP contribution is 2.51. The third kappa shape index (κ3) is 3.58. The predicted molar refractivity (Wildman–Crippen MR) is 97.8 cm³/mol. The minimum Gasteiger partial charge on any atom is -0.335 e. The fourth-order valence-corrected chi connectivity index (χ4v) is 3.29. The highest BCUT2D eigenvalue weighted by molar-refractivity contribution is 9.10. The molecular formula is C19H21BrN2O. The molecule has 120 valence electrons. The van der Waals surface area contributed by atoms with E-state index in [0.29, 0.717) is 0 Å². The summed E-state index contributed by atoms with van der Waals surface area (Å²) in [7, 11) is 0. The van der Waals surface area contributed by atoms with Gasteiger partial charge in [0.2, 0.25) is 0 Å². The first-order valence-corrected chi connectivity index (χ1v) is 8.69. The third-order valence-electron chi connectivity index (χ3n) is 4.69. The van der Waals surface area contributed by atoms with Gasteiger partial charge in [0, 0.05) is 21.6 Å². The average molecular weight is 373 g/mol. The largest absolute Gasteiger partial charge is 0.335 e. The number of carbonyl (C=O) groups excluding carboxylic acids is 1. The van der Waals surface area contributed by atoms with Gasteiger partial charge in [-0.2, -0.15) is 0 Å². The quantitative estimate of drug-likeness (QED) is 0.778. The Labute approximate surface area is 145 Å². The summed E-state index contributed by atoms with van der Waals surface area (Å²) in [6.45, 7) is 4.12. The average Bonchev–Trinajstić information content (AvgIpc) is 3.32. The van der Waals surface area contributed by atoms with Crippen molar-refractivity contribution in [1.29, 1.82) is 0 Å². The summed E-state index contributed by atoms with van der Waals surface area (Å²) in [6.07, 6.45) is 2.22. The Kier molecular flexibility index (Phi) is 4.44. The van der Waals surface area contributed by atoms with Gasteiger partial charge in [0.25, 0.3) is 0 Å². The van der Waals surface area contributed by atoms with Crippen molar-refractivity contribution in [3.05, 3.63) is 64.1 Å². The van der Waals surface area contributed by atoms with Crippen molar-refractivity contribution in [2.75, 3.05) is 5.32 Å². The van der Waals surface area contributed by atoms with Crippen LogP contribution in [-0.2, 0) is 5.41 Å². The fourth-order valence-electron chi connectivity index (χ4n) is 3.03. The highest BCUT2D eigenvalue weighted by Gasteiger charge is 2.49. The highest BCUT2D eigenvalue weighted by atomic mass is 79.9. The van der Waals surface area contributed by atoms with Crippen LogP contribution in [0.4, 0.5) is 10.5 Å². The van der Waals surface area contributed by atoms with Gasteiger partial charge < -0.3 is 10.6 Å². The van der Waals surface area contributed by atoms with Crippen molar-refractivity contribution in [1.82, 2.24) is 5.32 Å². The Balaban J connectivity index is 1.64. The summed E-state index contributed by atoms with van der Waals surface area (Å²) in [4.78, 5) is 12.2. The van der Waals surface area contributed by atoms with Gasteiger partial charge >= 0.3 is 6.03 Å². The molecule has 0 aromatic heterocycles. The molecule has 0 spiro atoms. The molecular weight excluding hydrogens is 352 g/mol. The molecule has 0 radical (unpaired) electrons. The normalized spacial score (nSPS) is 16.5. The summed E-state index contributed by atoms with van der Waals surface area (Å²) in [6, 6.07) is 16.2. The SMILES string of the molecule is Cc1ccc(NC(=O)NC(C)C2(c3ccc(Br)cc3)CC2)cc1. The lowest BCUT2D eigenvalue weighted by molar-refractivity contribution is 0.246. The second kappa shape index (κ2) is 6.36. The van der Waals surface area contributed by atoms with Gasteiger partial charge in [-0.1, -0.05) is 45.8 Å². The van der Waals surface area contributed by atoms with Crippen LogP contribution < -0.4 is 10.6 Å². The van der Waals surface area contributed by atoms with Gasteiger partial charge in [-0.05, 0) is 56.5 Å². The minimum absolute atomic E-state index is 0.0747. The summed E-state index contributed by atoms with van der Waals surface area (Å²) in [5, 5.41) is 6.00. The molecule has 1 unspecified atom stereocenters. The molecule has 4 heteroatoms. The number of hydrogen-bond donors (Lipinski definition) is 2. The zero-order chi connectivity index (χ0) is 16.4. The molecule has 1 atom stereocenters. The van der Waals surface area contributed by atoms with Crippen molar-refractivity contribution < 1.29 is 4.79 Å². The third-order valence-corrected chi connectivity index (χ3v) is 5.22. The molecule has 23 heavy (non-hydrogen) atoms. The van der Waals surface area contributed by atoms with Crippen LogP contribution >= 0.6 is 15.9 Å². The number of benzene rings is 2. The molecule has 2 aromatic rings. The van der Waals surface area contributed by atoms with Gasteiger partial charge in [-0.25, -0.2) is 4.79 Å². The number of carbonyl (C=O) groups is 1. The summed E-state index contributed by atoms with van der Waals surface area (Å²) in [5.74, 6) is 0. The van der Waals surface area contributed by atoms with E-state index in [2.05, 4.69) is 57.8 Å². The number of rotatable bonds is 4. The summed E-state index contributed by atoms with van der Waals surface area (Å²) < 4.78 is 1.08. The molecule has 2 amide bonds. The first-order chi connectivity index (χ1) is 11.0. The second-order valence-corrected chi connectivity index (χ2v) is 7.26. The maximum Gasteiger partial charge on any atom is 0.319 e. The number of hydrogen-bond acceptors (Lipinski definition) is 1. The molecule has 0 heterocycles. The smallest absolute Gasteiger partial charge is 0.319 e. The Morgan fingerprint density at radius 1 is 1.09 bits per heavy atom. The van der Waals surface area contributed by atoms with Crippen molar-refractivity contribution in [2.45, 2.75) is 38.1 Å². The van der Waals surface area contributed by atoms with Crippen LogP contribution in [-0.4, -0.2) is 12.1 Å². The number of nitrogens with one attached hydrogen (secondary N) is 2. The molecule has 0 saturated heterocycles. The zero-order valence-electron chi connectivity index (χ0n) is 13.4. The molecule has 3 nitrogen and oxygen atoms in total. The van der Waals surface area contributed by atoms with Crippen molar-refractivity contribution in [3.8, 4) is 0 Å². The van der Waals surface area contributed by atoms with Gasteiger partial charge in [-0.15, -0.1) is 0 Å². The van der Waals surface area contributed by atoms with Crippen molar-refractivity contribution in [3.63, 3.8) is 0 Å². The van der Waals surface area contributed by atoms with E-state index in [9.17, 15) is 4.79 Å². The van der Waals surface area contributed by atoms with Gasteiger partial charge in [0.15, 0.2) is 0 Å². The first-order valence-electron chi connectivity index (χ1n) is 7.90. The van der Waals surface area contributed by atoms with E-state index < -0.39 is 0 Å². The lowest BCUT2D eigenvalue weighted by atomic mass is 9.89. The fraction of sp³-hybridized carbons (Fsp3) is 0.316. The van der Waals surface area contributed by atoms with Crippen LogP contribution in [0.2, 0.25) is 0 Å². The number of amides is 2. The standard InChI is InChI=1S/C19H21BrN2O/c1-13-3-9-17(10-4-13)22-18(23)21-14(2)19(11-12-19)15-5-7-16(20)8-6-15/h3-10,14H,11-12H2,1-2H3,(H2,21,22,23). The Bertz CT molecular complexity index is 690. The molecule has 3 rings (SSSR count). The Morgan fingerprint density at radius 3 is 2.26 bits per heavy atom. The van der Waals surface area contributed by atoms with E-state index in [-0.39, 0.29) is 17.5 Å². The van der Waals surface area contributed by atoms with E-state index in [1.807, 2.05) is 31.2 Å². The van der Waals surface area contributed by atoms with Crippen LogP contribution in [0.15, 0.2) is 53.0 Å². The van der Waals surface area contributed by atoms with Gasteiger partial charge in [0.1, 0.15) is 0 Å². The van der Waals surface area contributed by atoms with E-state index >= 15 is 0 Å². The zero-order valence-corrected chi connectivity index (χ0v) is 15.0. The maximum absolute atomic E-state index is 12.2. The molecule has 0 aliphatic heterocycles. The van der Waals surface area contributed by atoms with E-state index in [1.54, 1.807) is 0 Å². The van der Waals surface area contributed by atoms with Crippen LogP contribution in [0.3, 0.4) is 0 Å². The van der Waals surface area contributed by atoms with Crippen molar-refractivity contribution >= 4 is 27.6 Å². The molecule has 1 saturated carbocycles. The Morgan fingerprint density at radius 2 is 1.70 bits per heavy atom. The lowest BCUT2D eigenvalue weighted by Gasteiger charge is -2.25. The minimum atomic E-state index is -0.148. The summed E-state index contributed by atoms with van der Waals surface area (Å²) in [5.41, 5.74) is 3.36. The van der Waals surface area contributed by atoms with E-state index in [0.717, 1.165) is 23.0 Å². The second-order valence-electron chi connectivity index (χ2n) is 6.35. The predicted octanol–water partition coefficient (Wildman–Crippen LogP) is 5.00. The lowest BCUT2D eigenvalue weighted by Crippen LogP contribution is -2.43. The number of halogens is 1. The van der Waals surface area contributed by atoms with E-state index in [1.165, 1.54) is 11.1 Å². The molecule has 0 bridgehead atoms. The Hall–Kier alpha value is -1.81. The maximum atomic E-state index is 12.2. The van der Waals surface area contributed by atoms with E-state index in [4.69, 9.17) is 0 Å². The van der Waals surface area contributed by atoms with Crippen LogP contribution in [0.1, 0.15) is 30.9 Å². The number of urea groups is 1. The van der Waals surface area contributed by atoms with Gasteiger partial charge in [0.05, 0.1) is 0 Å².